The largest absolute Gasteiger partial charge is 0.463 e. The molecule has 3 amide bonds. The number of carbonyl (C=O) groups is 4. The second-order valence-corrected chi connectivity index (χ2v) is 7.63. The van der Waals surface area contributed by atoms with Crippen molar-refractivity contribution in [1.29, 1.82) is 0 Å². The number of nitrogens with zero attached hydrogens (tertiary/aromatic N) is 1. The summed E-state index contributed by atoms with van der Waals surface area (Å²) in [7, 11) is 1.21. The van der Waals surface area contributed by atoms with Gasteiger partial charge in [0, 0.05) is 5.56 Å². The molecule has 182 valence electrons. The molecule has 0 unspecified atom stereocenters. The molecule has 0 aliphatic carbocycles. The Kier molecular flexibility index (Phi) is 5.87. The summed E-state index contributed by atoms with van der Waals surface area (Å²) < 4.78 is 26.0. The zero-order chi connectivity index (χ0) is 25.2. The molecule has 5 rings (SSSR count). The Morgan fingerprint density at radius 2 is 1.83 bits per heavy atom. The summed E-state index contributed by atoms with van der Waals surface area (Å²) in [5, 5.41) is 2.50. The summed E-state index contributed by atoms with van der Waals surface area (Å²) in [6, 6.07) is 13.4. The van der Waals surface area contributed by atoms with Crippen molar-refractivity contribution in [2.75, 3.05) is 13.9 Å². The number of para-hydroxylation sites is 1. The fourth-order valence-corrected chi connectivity index (χ4v) is 3.57. The van der Waals surface area contributed by atoms with Crippen molar-refractivity contribution in [3.8, 4) is 17.2 Å². The molecule has 1 aromatic heterocycles. The summed E-state index contributed by atoms with van der Waals surface area (Å²) in [4.78, 5) is 50.5. The van der Waals surface area contributed by atoms with Gasteiger partial charge in [0.05, 0.1) is 19.2 Å². The van der Waals surface area contributed by atoms with Gasteiger partial charge >= 0.3 is 18.0 Å². The standard InChI is InChI=1S/C25H18N2O9/c1-32-24(30)20-9-7-16(35-20)12-27-22(28)17(26-25(27)31)10-14-4-2-3-5-18(14)36-23(29)15-6-8-19-21(11-15)34-13-33-19/h2-11H,12-13H2,1H3,(H,26,31)/b17-10+. The van der Waals surface area contributed by atoms with Crippen LogP contribution in [0.25, 0.3) is 6.08 Å². The molecule has 0 spiro atoms. The smallest absolute Gasteiger partial charge is 0.373 e. The number of benzene rings is 2. The summed E-state index contributed by atoms with van der Waals surface area (Å²) in [5.41, 5.74) is 0.622. The van der Waals surface area contributed by atoms with Crippen LogP contribution in [0.2, 0.25) is 0 Å². The second-order valence-electron chi connectivity index (χ2n) is 7.63. The highest BCUT2D eigenvalue weighted by atomic mass is 16.7. The topological polar surface area (TPSA) is 134 Å². The zero-order valence-electron chi connectivity index (χ0n) is 18.8. The number of furan rings is 1. The van der Waals surface area contributed by atoms with Gasteiger partial charge in [-0.1, -0.05) is 18.2 Å². The normalized spacial score (nSPS) is 15.2. The molecule has 1 N–H and O–H groups in total. The number of rotatable bonds is 6. The maximum atomic E-state index is 12.9. The van der Waals surface area contributed by atoms with Gasteiger partial charge in [-0.2, -0.15) is 0 Å². The van der Waals surface area contributed by atoms with Crippen LogP contribution in [0.1, 0.15) is 32.2 Å². The van der Waals surface area contributed by atoms with Crippen LogP contribution in [0, 0.1) is 0 Å². The number of methoxy groups -OCH3 is 1. The monoisotopic (exact) mass is 490 g/mol. The minimum absolute atomic E-state index is 0.0219. The molecule has 1 saturated heterocycles. The lowest BCUT2D eigenvalue weighted by molar-refractivity contribution is -0.123. The molecule has 11 nitrogen and oxygen atoms in total. The third kappa shape index (κ3) is 4.37. The molecule has 1 fully saturated rings. The number of carbonyl (C=O) groups excluding carboxylic acids is 4. The van der Waals surface area contributed by atoms with E-state index >= 15 is 0 Å². The highest BCUT2D eigenvalue weighted by molar-refractivity contribution is 6.14. The lowest BCUT2D eigenvalue weighted by Gasteiger charge is -2.09. The van der Waals surface area contributed by atoms with Gasteiger partial charge in [0.25, 0.3) is 5.91 Å². The summed E-state index contributed by atoms with van der Waals surface area (Å²) >= 11 is 0. The fourth-order valence-electron chi connectivity index (χ4n) is 3.57. The van der Waals surface area contributed by atoms with Crippen molar-refractivity contribution in [2.45, 2.75) is 6.54 Å². The van der Waals surface area contributed by atoms with Crippen LogP contribution < -0.4 is 19.5 Å². The van der Waals surface area contributed by atoms with Crippen LogP contribution in [0.3, 0.4) is 0 Å². The van der Waals surface area contributed by atoms with E-state index < -0.39 is 23.9 Å². The third-order valence-corrected chi connectivity index (χ3v) is 5.35. The number of ether oxygens (including phenoxy) is 4. The third-order valence-electron chi connectivity index (χ3n) is 5.35. The number of imide groups is 1. The van der Waals surface area contributed by atoms with E-state index in [0.29, 0.717) is 17.1 Å². The van der Waals surface area contributed by atoms with Crippen molar-refractivity contribution in [3.05, 3.63) is 82.9 Å². The van der Waals surface area contributed by atoms with E-state index in [9.17, 15) is 19.2 Å². The Morgan fingerprint density at radius 3 is 2.67 bits per heavy atom. The van der Waals surface area contributed by atoms with Gasteiger partial charge in [0.15, 0.2) is 11.5 Å². The zero-order valence-corrected chi connectivity index (χ0v) is 18.8. The Bertz CT molecular complexity index is 1420. The fraction of sp³-hybridized carbons (Fsp3) is 0.120. The van der Waals surface area contributed by atoms with E-state index in [-0.39, 0.29) is 41.9 Å². The Labute approximate surface area is 203 Å². The number of fused-ring (bicyclic) bond motifs is 1. The molecule has 11 heteroatoms. The van der Waals surface area contributed by atoms with Crippen molar-refractivity contribution in [3.63, 3.8) is 0 Å². The second kappa shape index (κ2) is 9.29. The first-order chi connectivity index (χ1) is 17.4. The van der Waals surface area contributed by atoms with Crippen LogP contribution in [-0.2, 0) is 16.1 Å². The highest BCUT2D eigenvalue weighted by Gasteiger charge is 2.34. The summed E-state index contributed by atoms with van der Waals surface area (Å²) in [6.07, 6.45) is 1.41. The highest BCUT2D eigenvalue weighted by Crippen LogP contribution is 2.33. The summed E-state index contributed by atoms with van der Waals surface area (Å²) in [5.74, 6) is -0.600. The first-order valence-electron chi connectivity index (χ1n) is 10.7. The van der Waals surface area contributed by atoms with E-state index in [1.807, 2.05) is 0 Å². The van der Waals surface area contributed by atoms with Crippen LogP contribution in [0.4, 0.5) is 4.79 Å². The average molecular weight is 490 g/mol. The molecule has 36 heavy (non-hydrogen) atoms. The first-order valence-corrected chi connectivity index (χ1v) is 10.7. The van der Waals surface area contributed by atoms with E-state index in [0.717, 1.165) is 4.90 Å². The molecule has 3 aromatic rings. The van der Waals surface area contributed by atoms with Gasteiger partial charge < -0.3 is 28.7 Å². The number of amides is 3. The minimum atomic E-state index is -0.675. The minimum Gasteiger partial charge on any atom is -0.463 e. The quantitative estimate of drug-likeness (QED) is 0.239. The molecule has 0 radical (unpaired) electrons. The van der Waals surface area contributed by atoms with Gasteiger partial charge in [-0.3, -0.25) is 9.69 Å². The Balaban J connectivity index is 1.33. The molecular weight excluding hydrogens is 472 g/mol. The Morgan fingerprint density at radius 1 is 1.03 bits per heavy atom. The van der Waals surface area contributed by atoms with E-state index in [2.05, 4.69) is 10.1 Å². The van der Waals surface area contributed by atoms with Crippen LogP contribution in [0.5, 0.6) is 17.2 Å². The Hall–Kier alpha value is -5.06. The number of urea groups is 1. The molecule has 2 aliphatic rings. The molecule has 2 aromatic carbocycles. The summed E-state index contributed by atoms with van der Waals surface area (Å²) in [6.45, 7) is -0.118. The van der Waals surface area contributed by atoms with Gasteiger partial charge in [0.1, 0.15) is 17.2 Å². The van der Waals surface area contributed by atoms with Gasteiger partial charge in [-0.15, -0.1) is 0 Å². The number of nitrogens with one attached hydrogen (secondary N) is 1. The maximum absolute atomic E-state index is 12.9. The lowest BCUT2D eigenvalue weighted by Crippen LogP contribution is -2.30. The average Bonchev–Trinajstić information content (AvgIpc) is 3.61. The van der Waals surface area contributed by atoms with E-state index in [1.54, 1.807) is 36.4 Å². The van der Waals surface area contributed by atoms with Gasteiger partial charge in [0.2, 0.25) is 12.6 Å². The predicted molar refractivity (Wildman–Crippen MR) is 121 cm³/mol. The van der Waals surface area contributed by atoms with Crippen molar-refractivity contribution >= 4 is 30.0 Å². The lowest BCUT2D eigenvalue weighted by atomic mass is 10.1. The molecular formula is C25H18N2O9. The van der Waals surface area contributed by atoms with Crippen molar-refractivity contribution in [1.82, 2.24) is 10.2 Å². The predicted octanol–water partition coefficient (Wildman–Crippen LogP) is 3.11. The van der Waals surface area contributed by atoms with Crippen LogP contribution in [0.15, 0.2) is 64.7 Å². The number of esters is 2. The van der Waals surface area contributed by atoms with Gasteiger partial charge in [-0.05, 0) is 42.5 Å². The van der Waals surface area contributed by atoms with Crippen molar-refractivity contribution in [2.24, 2.45) is 0 Å². The number of hydrogen-bond donors (Lipinski definition) is 1. The molecule has 2 aliphatic heterocycles. The van der Waals surface area contributed by atoms with Crippen LogP contribution in [-0.4, -0.2) is 42.7 Å². The van der Waals surface area contributed by atoms with Crippen molar-refractivity contribution < 1.29 is 42.5 Å². The first kappa shape index (κ1) is 22.7. The molecule has 0 bridgehead atoms. The van der Waals surface area contributed by atoms with Crippen LogP contribution >= 0.6 is 0 Å². The molecule has 0 atom stereocenters. The van der Waals surface area contributed by atoms with Gasteiger partial charge in [-0.25, -0.2) is 14.4 Å². The molecule has 3 heterocycles. The number of hydrogen-bond acceptors (Lipinski definition) is 9. The van der Waals surface area contributed by atoms with E-state index in [4.69, 9.17) is 18.6 Å². The molecule has 0 saturated carbocycles. The maximum Gasteiger partial charge on any atom is 0.373 e. The van der Waals surface area contributed by atoms with E-state index in [1.165, 1.54) is 31.4 Å². The SMILES string of the molecule is COC(=O)c1ccc(CN2C(=O)N/C(=C/c3ccccc3OC(=O)c3ccc4c(c3)OCO4)C2=O)o1.